The molecule has 0 aromatic carbocycles. The van der Waals surface area contributed by atoms with E-state index >= 15 is 0 Å². The molecule has 0 bridgehead atoms. The molecule has 0 aliphatic carbocycles. The first kappa shape index (κ1) is 20.1. The minimum Gasteiger partial charge on any atom is -0.391 e. The molecule has 4 heterocycles. The van der Waals surface area contributed by atoms with Crippen LogP contribution in [0.4, 0.5) is 10.3 Å². The molecule has 1 fully saturated rings. The minimum atomic E-state index is -0.488. The summed E-state index contributed by atoms with van der Waals surface area (Å²) in [5.74, 6) is -0.336. The maximum Gasteiger partial charge on any atom is 0.274 e. The van der Waals surface area contributed by atoms with Gasteiger partial charge in [-0.2, -0.15) is 0 Å². The van der Waals surface area contributed by atoms with Gasteiger partial charge in [0.2, 0.25) is 5.95 Å². The van der Waals surface area contributed by atoms with Gasteiger partial charge in [-0.3, -0.25) is 9.78 Å². The smallest absolute Gasteiger partial charge is 0.274 e. The fraction of sp³-hybridized carbons (Fsp3) is 0.368. The number of aliphatic hydroxyl groups is 1. The zero-order valence-electron chi connectivity index (χ0n) is 15.7. The normalized spacial score (nSPS) is 16.0. The number of aromatic nitrogens is 3. The predicted octanol–water partition coefficient (Wildman–Crippen LogP) is 3.07. The number of aliphatic hydroxyl groups excluding tert-OH is 1. The van der Waals surface area contributed by atoms with E-state index in [2.05, 4.69) is 20.3 Å². The van der Waals surface area contributed by atoms with Crippen LogP contribution in [0.5, 0.6) is 0 Å². The third-order valence-corrected chi connectivity index (χ3v) is 5.08. The van der Waals surface area contributed by atoms with Gasteiger partial charge in [0.1, 0.15) is 5.82 Å². The van der Waals surface area contributed by atoms with Gasteiger partial charge >= 0.3 is 0 Å². The van der Waals surface area contributed by atoms with Crippen LogP contribution in [0.1, 0.15) is 36.3 Å². The van der Waals surface area contributed by atoms with Gasteiger partial charge in [0.25, 0.3) is 5.91 Å². The molecular weight excluding hydrogens is 381 g/mol. The fourth-order valence-corrected chi connectivity index (χ4v) is 3.71. The van der Waals surface area contributed by atoms with Crippen LogP contribution in [-0.2, 0) is 6.54 Å². The van der Waals surface area contributed by atoms with Crippen molar-refractivity contribution in [3.05, 3.63) is 47.0 Å². The molecule has 28 heavy (non-hydrogen) atoms. The van der Waals surface area contributed by atoms with Crippen molar-refractivity contribution in [2.75, 3.05) is 18.4 Å². The largest absolute Gasteiger partial charge is 0.391 e. The third kappa shape index (κ3) is 4.42. The third-order valence-electron chi connectivity index (χ3n) is 4.17. The van der Waals surface area contributed by atoms with Crippen LogP contribution in [-0.4, -0.2) is 50.1 Å². The van der Waals surface area contributed by atoms with Gasteiger partial charge in [-0.1, -0.05) is 13.8 Å². The molecule has 7 nitrogen and oxygen atoms in total. The van der Waals surface area contributed by atoms with E-state index in [1.54, 1.807) is 11.1 Å². The number of pyridine rings is 1. The Morgan fingerprint density at radius 2 is 2.21 bits per heavy atom. The molecule has 3 aromatic rings. The number of hydrogen-bond donors (Lipinski definition) is 2. The summed E-state index contributed by atoms with van der Waals surface area (Å²) < 4.78 is 14.0. The second kappa shape index (κ2) is 9.03. The number of amides is 1. The lowest BCUT2D eigenvalue weighted by Crippen LogP contribution is -2.30. The molecule has 1 aliphatic rings. The van der Waals surface area contributed by atoms with Gasteiger partial charge in [-0.05, 0) is 29.5 Å². The Balaban J connectivity index is 0.00000109. The van der Waals surface area contributed by atoms with Crippen LogP contribution in [0.2, 0.25) is 0 Å². The number of hydrogen-bond acceptors (Lipinski definition) is 7. The van der Waals surface area contributed by atoms with Gasteiger partial charge in [-0.15, -0.1) is 11.3 Å². The zero-order chi connectivity index (χ0) is 20.1. The molecule has 0 spiro atoms. The van der Waals surface area contributed by atoms with Gasteiger partial charge in [-0.25, -0.2) is 14.4 Å². The Labute approximate surface area is 166 Å². The maximum absolute atomic E-state index is 13.2. The van der Waals surface area contributed by atoms with E-state index in [1.165, 1.54) is 17.4 Å². The van der Waals surface area contributed by atoms with E-state index in [-0.39, 0.29) is 12.5 Å². The van der Waals surface area contributed by atoms with Crippen LogP contribution >= 0.6 is 11.3 Å². The minimum absolute atomic E-state index is 0.216. The molecule has 0 saturated carbocycles. The van der Waals surface area contributed by atoms with E-state index in [4.69, 9.17) is 0 Å². The number of nitrogens with zero attached hydrogens (tertiary/aromatic N) is 4. The highest BCUT2D eigenvalue weighted by molar-refractivity contribution is 7.17. The van der Waals surface area contributed by atoms with Gasteiger partial charge in [0, 0.05) is 25.8 Å². The second-order valence-electron chi connectivity index (χ2n) is 6.09. The Kier molecular flexibility index (Phi) is 6.48. The topological polar surface area (TPSA) is 91.2 Å². The molecule has 9 heteroatoms. The summed E-state index contributed by atoms with van der Waals surface area (Å²) in [6.45, 7) is 5.11. The standard InChI is InChI=1S/C17H16FN5O2S.C2H6/c18-11-5-10(6-19-8-11)7-20-17-21-13-2-4-26-15(13)14(22-17)16(25)23-3-1-12(24)9-23;1-2/h2,4-6,8,12,24H,1,3,7,9H2,(H,20,21,22);1-2H3/t12-;/m1./s1. The number of β-amino-alcohol motifs (C(OH)–C–C–N with tert-alkyl or cyclic N) is 1. The summed E-state index contributed by atoms with van der Waals surface area (Å²) in [5.41, 5.74) is 1.64. The van der Waals surface area contributed by atoms with Gasteiger partial charge in [0.05, 0.1) is 22.5 Å². The van der Waals surface area contributed by atoms with Gasteiger partial charge < -0.3 is 15.3 Å². The number of thiophene rings is 1. The monoisotopic (exact) mass is 403 g/mol. The molecule has 3 aromatic heterocycles. The lowest BCUT2D eigenvalue weighted by molar-refractivity contribution is 0.0761. The lowest BCUT2D eigenvalue weighted by atomic mass is 10.3. The predicted molar refractivity (Wildman–Crippen MR) is 107 cm³/mol. The maximum atomic E-state index is 13.2. The van der Waals surface area contributed by atoms with Crippen molar-refractivity contribution in [2.24, 2.45) is 0 Å². The zero-order valence-corrected chi connectivity index (χ0v) is 16.5. The molecule has 1 atom stereocenters. The lowest BCUT2D eigenvalue weighted by Gasteiger charge is -2.16. The van der Waals surface area contributed by atoms with Crippen molar-refractivity contribution in [2.45, 2.75) is 32.9 Å². The summed E-state index contributed by atoms with van der Waals surface area (Å²) in [5, 5.41) is 14.6. The highest BCUT2D eigenvalue weighted by Gasteiger charge is 2.28. The van der Waals surface area contributed by atoms with Crippen LogP contribution in [0.25, 0.3) is 10.2 Å². The van der Waals surface area contributed by atoms with Crippen LogP contribution in [0.15, 0.2) is 29.9 Å². The average Bonchev–Trinajstić information content (AvgIpc) is 3.35. The Morgan fingerprint density at radius 1 is 1.39 bits per heavy atom. The van der Waals surface area contributed by atoms with E-state index in [0.29, 0.717) is 42.2 Å². The van der Waals surface area contributed by atoms with Crippen LogP contribution < -0.4 is 5.32 Å². The van der Waals surface area contributed by atoms with E-state index in [1.807, 2.05) is 25.3 Å². The highest BCUT2D eigenvalue weighted by atomic mass is 32.1. The molecule has 1 aliphatic heterocycles. The van der Waals surface area contributed by atoms with E-state index < -0.39 is 11.9 Å². The quantitative estimate of drug-likeness (QED) is 0.696. The molecule has 1 saturated heterocycles. The fourth-order valence-electron chi connectivity index (χ4n) is 2.90. The van der Waals surface area contributed by atoms with Crippen LogP contribution in [0.3, 0.4) is 0 Å². The summed E-state index contributed by atoms with van der Waals surface area (Å²) in [7, 11) is 0. The number of carbonyl (C=O) groups excluding carboxylic acids is 1. The van der Waals surface area contributed by atoms with Crippen molar-refractivity contribution < 1.29 is 14.3 Å². The highest BCUT2D eigenvalue weighted by Crippen LogP contribution is 2.26. The molecule has 0 unspecified atom stereocenters. The summed E-state index contributed by atoms with van der Waals surface area (Å²) in [4.78, 5) is 27.0. The van der Waals surface area contributed by atoms with E-state index in [9.17, 15) is 14.3 Å². The summed E-state index contributed by atoms with van der Waals surface area (Å²) >= 11 is 1.40. The SMILES string of the molecule is CC.O=C(c1nc(NCc2cncc(F)c2)nc2ccsc12)N1CC[C@@H](O)C1. The van der Waals surface area contributed by atoms with Crippen molar-refractivity contribution in [3.63, 3.8) is 0 Å². The molecule has 1 amide bonds. The first-order chi connectivity index (χ1) is 13.6. The number of rotatable bonds is 4. The number of anilines is 1. The number of likely N-dealkylation sites (tertiary alicyclic amines) is 1. The molecule has 148 valence electrons. The first-order valence-corrected chi connectivity index (χ1v) is 10.0. The van der Waals surface area contributed by atoms with Crippen molar-refractivity contribution in [1.29, 1.82) is 0 Å². The second-order valence-corrected chi connectivity index (χ2v) is 7.01. The van der Waals surface area contributed by atoms with E-state index in [0.717, 1.165) is 10.9 Å². The first-order valence-electron chi connectivity index (χ1n) is 9.16. The van der Waals surface area contributed by atoms with Crippen molar-refractivity contribution in [1.82, 2.24) is 19.9 Å². The molecule has 4 rings (SSSR count). The van der Waals surface area contributed by atoms with Crippen LogP contribution in [0, 0.1) is 5.82 Å². The molecule has 2 N–H and O–H groups in total. The Bertz CT molecular complexity index is 964. The number of carbonyl (C=O) groups is 1. The van der Waals surface area contributed by atoms with Gasteiger partial charge in [0.15, 0.2) is 5.69 Å². The average molecular weight is 403 g/mol. The van der Waals surface area contributed by atoms with Crippen molar-refractivity contribution >= 4 is 33.4 Å². The molecular formula is C19H22FN5O2S. The molecule has 0 radical (unpaired) electrons. The number of fused-ring (bicyclic) bond motifs is 1. The Morgan fingerprint density at radius 3 is 2.93 bits per heavy atom. The Hall–Kier alpha value is -2.65. The number of halogens is 1. The summed E-state index contributed by atoms with van der Waals surface area (Å²) in [6, 6.07) is 3.20. The number of nitrogens with one attached hydrogen (secondary N) is 1. The summed E-state index contributed by atoms with van der Waals surface area (Å²) in [6.07, 6.45) is 2.77. The van der Waals surface area contributed by atoms with Crippen molar-refractivity contribution in [3.8, 4) is 0 Å².